The number of nitrogen functional groups attached to an aromatic ring is 1. The van der Waals surface area contributed by atoms with Crippen LogP contribution in [0.25, 0.3) is 11.3 Å². The smallest absolute Gasteiger partial charge is 0.0929 e. The first-order valence-electron chi connectivity index (χ1n) is 5.01. The van der Waals surface area contributed by atoms with Gasteiger partial charge < -0.3 is 5.73 Å². The van der Waals surface area contributed by atoms with E-state index in [0.29, 0.717) is 0 Å². The van der Waals surface area contributed by atoms with E-state index < -0.39 is 0 Å². The maximum absolute atomic E-state index is 5.87. The topological polar surface area (TPSA) is 38.9 Å². The molecule has 1 aromatic carbocycles. The molecule has 0 atom stereocenters. The average Bonchev–Trinajstić information content (AvgIpc) is 2.70. The molecule has 2 aromatic rings. The Kier molecular flexibility index (Phi) is 2.73. The van der Waals surface area contributed by atoms with Crippen molar-refractivity contribution in [2.24, 2.45) is 0 Å². The molecule has 0 spiro atoms. The molecule has 0 aliphatic carbocycles. The second kappa shape index (κ2) is 4.03. The minimum Gasteiger partial charge on any atom is -0.398 e. The second-order valence-electron chi connectivity index (χ2n) is 3.55. The normalized spacial score (nSPS) is 10.5. The van der Waals surface area contributed by atoms with Crippen molar-refractivity contribution in [3.63, 3.8) is 0 Å². The molecule has 0 saturated carbocycles. The van der Waals surface area contributed by atoms with Crippen LogP contribution in [0.4, 0.5) is 5.69 Å². The first kappa shape index (κ1) is 10.2. The molecule has 0 aliphatic heterocycles. The van der Waals surface area contributed by atoms with Crippen LogP contribution in [0.2, 0.25) is 0 Å². The molecule has 2 nitrogen and oxygen atoms in total. The van der Waals surface area contributed by atoms with Crippen molar-refractivity contribution in [1.29, 1.82) is 0 Å². The Labute approximate surface area is 93.8 Å². The Balaban J connectivity index is 2.40. The number of aryl methyl sites for hydroxylation is 2. The molecule has 2 N–H and O–H groups in total. The molecule has 1 heterocycles. The summed E-state index contributed by atoms with van der Waals surface area (Å²) in [6, 6.07) is 6.10. The van der Waals surface area contributed by atoms with Crippen LogP contribution in [0.1, 0.15) is 17.5 Å². The highest BCUT2D eigenvalue weighted by Gasteiger charge is 2.04. The summed E-state index contributed by atoms with van der Waals surface area (Å²) < 4.78 is 0. The van der Waals surface area contributed by atoms with Gasteiger partial charge in [0.1, 0.15) is 0 Å². The number of thiazole rings is 1. The fourth-order valence-corrected chi connectivity index (χ4v) is 2.16. The lowest BCUT2D eigenvalue weighted by atomic mass is 10.1. The van der Waals surface area contributed by atoms with Gasteiger partial charge in [0.05, 0.1) is 10.7 Å². The molecule has 2 rings (SSSR count). The van der Waals surface area contributed by atoms with Crippen molar-refractivity contribution in [1.82, 2.24) is 4.98 Å². The summed E-state index contributed by atoms with van der Waals surface area (Å²) in [6.45, 7) is 4.13. The van der Waals surface area contributed by atoms with Gasteiger partial charge in [-0.15, -0.1) is 11.3 Å². The van der Waals surface area contributed by atoms with Gasteiger partial charge in [0.25, 0.3) is 0 Å². The Hall–Kier alpha value is -1.35. The van der Waals surface area contributed by atoms with Crippen molar-refractivity contribution < 1.29 is 0 Å². The monoisotopic (exact) mass is 218 g/mol. The molecule has 15 heavy (non-hydrogen) atoms. The van der Waals surface area contributed by atoms with Crippen LogP contribution in [0.15, 0.2) is 23.6 Å². The number of nitrogens with zero attached hydrogens (tertiary/aromatic N) is 1. The predicted molar refractivity (Wildman–Crippen MR) is 66.1 cm³/mol. The number of rotatable bonds is 2. The summed E-state index contributed by atoms with van der Waals surface area (Å²) in [5.41, 5.74) is 9.96. The Bertz CT molecular complexity index is 474. The maximum Gasteiger partial charge on any atom is 0.0929 e. The highest BCUT2D eigenvalue weighted by molar-refractivity contribution is 7.09. The van der Waals surface area contributed by atoms with Crippen LogP contribution in [-0.4, -0.2) is 4.98 Å². The summed E-state index contributed by atoms with van der Waals surface area (Å²) in [5, 5.41) is 3.26. The van der Waals surface area contributed by atoms with E-state index >= 15 is 0 Å². The highest BCUT2D eigenvalue weighted by Crippen LogP contribution is 2.25. The lowest BCUT2D eigenvalue weighted by Crippen LogP contribution is -1.90. The first-order chi connectivity index (χ1) is 7.20. The van der Waals surface area contributed by atoms with E-state index in [1.165, 1.54) is 5.01 Å². The van der Waals surface area contributed by atoms with Gasteiger partial charge in [-0.05, 0) is 25.0 Å². The summed E-state index contributed by atoms with van der Waals surface area (Å²) in [4.78, 5) is 4.53. The molecule has 78 valence electrons. The molecule has 0 fully saturated rings. The van der Waals surface area contributed by atoms with Crippen molar-refractivity contribution in [2.45, 2.75) is 20.3 Å². The van der Waals surface area contributed by atoms with Gasteiger partial charge in [0, 0.05) is 16.6 Å². The van der Waals surface area contributed by atoms with E-state index in [2.05, 4.69) is 23.4 Å². The van der Waals surface area contributed by atoms with Gasteiger partial charge in [0.2, 0.25) is 0 Å². The minimum absolute atomic E-state index is 0.832. The standard InChI is InChI=1S/C12H14N2S/c1-3-12-14-11(7-15-12)9-5-4-8(2)10(13)6-9/h4-7H,3,13H2,1-2H3. The molecule has 3 heteroatoms. The summed E-state index contributed by atoms with van der Waals surface area (Å²) in [6.07, 6.45) is 0.992. The van der Waals surface area contributed by atoms with E-state index in [1.54, 1.807) is 11.3 Å². The summed E-state index contributed by atoms with van der Waals surface area (Å²) in [7, 11) is 0. The SMILES string of the molecule is CCc1nc(-c2ccc(C)c(N)c2)cs1. The van der Waals surface area contributed by atoms with E-state index in [0.717, 1.165) is 28.9 Å². The number of hydrogen-bond donors (Lipinski definition) is 1. The third-order valence-electron chi connectivity index (χ3n) is 2.43. The number of anilines is 1. The van der Waals surface area contributed by atoms with Crippen LogP contribution in [0.3, 0.4) is 0 Å². The fourth-order valence-electron chi connectivity index (χ4n) is 1.41. The zero-order valence-electron chi connectivity index (χ0n) is 8.95. The van der Waals surface area contributed by atoms with Crippen molar-refractivity contribution in [2.75, 3.05) is 5.73 Å². The van der Waals surface area contributed by atoms with E-state index in [9.17, 15) is 0 Å². The lowest BCUT2D eigenvalue weighted by molar-refractivity contribution is 1.10. The number of benzene rings is 1. The Morgan fingerprint density at radius 2 is 2.20 bits per heavy atom. The first-order valence-corrected chi connectivity index (χ1v) is 5.89. The van der Waals surface area contributed by atoms with Crippen molar-refractivity contribution >= 4 is 17.0 Å². The third-order valence-corrected chi connectivity index (χ3v) is 3.42. The molecule has 1 aromatic heterocycles. The molecule has 0 unspecified atom stereocenters. The van der Waals surface area contributed by atoms with Crippen LogP contribution in [-0.2, 0) is 6.42 Å². The molecule has 0 saturated heterocycles. The molecular weight excluding hydrogens is 204 g/mol. The van der Waals surface area contributed by atoms with Crippen LogP contribution in [0.5, 0.6) is 0 Å². The number of nitrogens with two attached hydrogens (primary N) is 1. The van der Waals surface area contributed by atoms with Crippen LogP contribution < -0.4 is 5.73 Å². The largest absolute Gasteiger partial charge is 0.398 e. The summed E-state index contributed by atoms with van der Waals surface area (Å²) in [5.74, 6) is 0. The molecule has 0 bridgehead atoms. The van der Waals surface area contributed by atoms with Crippen molar-refractivity contribution in [3.8, 4) is 11.3 Å². The quantitative estimate of drug-likeness (QED) is 0.786. The van der Waals surface area contributed by atoms with Crippen LogP contribution in [0, 0.1) is 6.92 Å². The zero-order valence-corrected chi connectivity index (χ0v) is 9.77. The lowest BCUT2D eigenvalue weighted by Gasteiger charge is -2.02. The van der Waals surface area contributed by atoms with Gasteiger partial charge in [-0.1, -0.05) is 19.1 Å². The minimum atomic E-state index is 0.832. The Morgan fingerprint density at radius 3 is 2.80 bits per heavy atom. The van der Waals surface area contributed by atoms with E-state index in [1.807, 2.05) is 19.1 Å². The molecular formula is C12H14N2S. The fraction of sp³-hybridized carbons (Fsp3) is 0.250. The third kappa shape index (κ3) is 2.02. The summed E-state index contributed by atoms with van der Waals surface area (Å²) >= 11 is 1.70. The van der Waals surface area contributed by atoms with E-state index in [-0.39, 0.29) is 0 Å². The zero-order chi connectivity index (χ0) is 10.8. The second-order valence-corrected chi connectivity index (χ2v) is 4.49. The number of aromatic nitrogens is 1. The number of hydrogen-bond acceptors (Lipinski definition) is 3. The van der Waals surface area contributed by atoms with Crippen molar-refractivity contribution in [3.05, 3.63) is 34.2 Å². The molecule has 0 radical (unpaired) electrons. The predicted octanol–water partition coefficient (Wildman–Crippen LogP) is 3.26. The van der Waals surface area contributed by atoms with Crippen LogP contribution >= 0.6 is 11.3 Å². The maximum atomic E-state index is 5.87. The van der Waals surface area contributed by atoms with Gasteiger partial charge in [-0.2, -0.15) is 0 Å². The van der Waals surface area contributed by atoms with Gasteiger partial charge >= 0.3 is 0 Å². The Morgan fingerprint density at radius 1 is 1.40 bits per heavy atom. The van der Waals surface area contributed by atoms with Gasteiger partial charge in [0.15, 0.2) is 0 Å². The molecule has 0 amide bonds. The van der Waals surface area contributed by atoms with Gasteiger partial charge in [-0.25, -0.2) is 4.98 Å². The molecule has 0 aliphatic rings. The van der Waals surface area contributed by atoms with E-state index in [4.69, 9.17) is 5.73 Å². The highest BCUT2D eigenvalue weighted by atomic mass is 32.1. The van der Waals surface area contributed by atoms with Gasteiger partial charge in [-0.3, -0.25) is 0 Å². The average molecular weight is 218 g/mol.